The van der Waals surface area contributed by atoms with Crippen LogP contribution in [0.15, 0.2) is 18.2 Å². The molecule has 0 aromatic heterocycles. The van der Waals surface area contributed by atoms with Gasteiger partial charge in [-0.15, -0.1) is 0 Å². The van der Waals surface area contributed by atoms with Gasteiger partial charge >= 0.3 is 17.8 Å². The Balaban J connectivity index is 2.62. The highest BCUT2D eigenvalue weighted by Crippen LogP contribution is 2.21. The highest BCUT2D eigenvalue weighted by Gasteiger charge is 2.17. The van der Waals surface area contributed by atoms with Crippen LogP contribution in [0.3, 0.4) is 0 Å². The van der Waals surface area contributed by atoms with Crippen molar-refractivity contribution in [2.24, 2.45) is 0 Å². The number of carboxylic acid groups (broad SMARTS) is 1. The van der Waals surface area contributed by atoms with E-state index in [1.807, 2.05) is 19.0 Å². The quantitative estimate of drug-likeness (QED) is 0.535. The number of anilines is 1. The summed E-state index contributed by atoms with van der Waals surface area (Å²) in [4.78, 5) is 36.4. The minimum absolute atomic E-state index is 0.0200. The van der Waals surface area contributed by atoms with Crippen molar-refractivity contribution >= 4 is 35.1 Å². The average Bonchev–Trinajstić information content (AvgIpc) is 2.42. The van der Waals surface area contributed by atoms with E-state index in [1.165, 1.54) is 18.2 Å². The summed E-state index contributed by atoms with van der Waals surface area (Å²) in [7, 11) is 3.81. The van der Waals surface area contributed by atoms with E-state index in [9.17, 15) is 14.4 Å². The lowest BCUT2D eigenvalue weighted by atomic mass is 10.2. The minimum Gasteiger partial charge on any atom is -0.478 e. The Labute approximate surface area is 133 Å². The Bertz CT molecular complexity index is 575. The maximum absolute atomic E-state index is 11.8. The fourth-order valence-electron chi connectivity index (χ4n) is 1.66. The molecule has 2 amide bonds. The molecule has 0 aliphatic rings. The van der Waals surface area contributed by atoms with E-state index < -0.39 is 17.8 Å². The molecule has 3 N–H and O–H groups in total. The predicted molar refractivity (Wildman–Crippen MR) is 83.2 cm³/mol. The van der Waals surface area contributed by atoms with Crippen molar-refractivity contribution in [2.45, 2.75) is 6.42 Å². The Morgan fingerprint density at radius 3 is 2.50 bits per heavy atom. The molecule has 8 heteroatoms. The third-order valence-corrected chi connectivity index (χ3v) is 2.97. The summed E-state index contributed by atoms with van der Waals surface area (Å²) in [6.45, 7) is 1.13. The molecule has 1 rings (SSSR count). The number of amides is 2. The number of halogens is 1. The zero-order valence-corrected chi connectivity index (χ0v) is 13.1. The van der Waals surface area contributed by atoms with Crippen LogP contribution in [0.4, 0.5) is 5.69 Å². The fraction of sp³-hybridized carbons (Fsp3) is 0.357. The molecule has 120 valence electrons. The number of hydrogen-bond acceptors (Lipinski definition) is 4. The second kappa shape index (κ2) is 8.35. The van der Waals surface area contributed by atoms with Crippen molar-refractivity contribution < 1.29 is 19.5 Å². The molecule has 0 atom stereocenters. The average molecular weight is 328 g/mol. The first-order valence-corrected chi connectivity index (χ1v) is 6.96. The molecule has 0 bridgehead atoms. The first kappa shape index (κ1) is 17.9. The molecular weight excluding hydrogens is 310 g/mol. The summed E-state index contributed by atoms with van der Waals surface area (Å²) in [6, 6.07) is 3.93. The van der Waals surface area contributed by atoms with Crippen molar-refractivity contribution in [3.05, 3.63) is 28.8 Å². The Hall–Kier alpha value is -2.12. The van der Waals surface area contributed by atoms with Gasteiger partial charge in [-0.1, -0.05) is 11.6 Å². The van der Waals surface area contributed by atoms with Crippen LogP contribution in [0, 0.1) is 0 Å². The smallest absolute Gasteiger partial charge is 0.337 e. The first-order chi connectivity index (χ1) is 10.3. The van der Waals surface area contributed by atoms with Gasteiger partial charge in [0.05, 0.1) is 11.3 Å². The van der Waals surface area contributed by atoms with Crippen LogP contribution in [0.2, 0.25) is 5.02 Å². The van der Waals surface area contributed by atoms with Gasteiger partial charge in [-0.3, -0.25) is 9.59 Å². The summed E-state index contributed by atoms with van der Waals surface area (Å²) in [5, 5.41) is 14.0. The van der Waals surface area contributed by atoms with Crippen molar-refractivity contribution in [3.63, 3.8) is 0 Å². The van der Waals surface area contributed by atoms with Crippen molar-refractivity contribution in [1.82, 2.24) is 10.2 Å². The molecule has 0 heterocycles. The molecule has 0 fully saturated rings. The third-order valence-electron chi connectivity index (χ3n) is 2.73. The number of hydrogen-bond donors (Lipinski definition) is 3. The Kier molecular flexibility index (Phi) is 6.81. The Morgan fingerprint density at radius 2 is 1.91 bits per heavy atom. The van der Waals surface area contributed by atoms with E-state index in [0.29, 0.717) is 13.0 Å². The lowest BCUT2D eigenvalue weighted by molar-refractivity contribution is -0.136. The minimum atomic E-state index is -1.22. The number of carbonyl (C=O) groups is 3. The lowest BCUT2D eigenvalue weighted by Gasteiger charge is -2.11. The Morgan fingerprint density at radius 1 is 1.23 bits per heavy atom. The predicted octanol–water partition coefficient (Wildman–Crippen LogP) is 1.04. The van der Waals surface area contributed by atoms with Gasteiger partial charge in [-0.2, -0.15) is 0 Å². The summed E-state index contributed by atoms with van der Waals surface area (Å²) in [5.74, 6) is -2.98. The largest absolute Gasteiger partial charge is 0.478 e. The normalized spacial score (nSPS) is 10.4. The van der Waals surface area contributed by atoms with Crippen LogP contribution in [0.5, 0.6) is 0 Å². The summed E-state index contributed by atoms with van der Waals surface area (Å²) >= 11 is 5.77. The molecule has 0 aliphatic heterocycles. The van der Waals surface area contributed by atoms with Gasteiger partial charge in [0.1, 0.15) is 0 Å². The molecule has 7 nitrogen and oxygen atoms in total. The van der Waals surface area contributed by atoms with E-state index in [4.69, 9.17) is 16.7 Å². The molecule has 1 aromatic rings. The topological polar surface area (TPSA) is 98.7 Å². The second-order valence-corrected chi connectivity index (χ2v) is 5.30. The van der Waals surface area contributed by atoms with E-state index in [-0.39, 0.29) is 16.3 Å². The van der Waals surface area contributed by atoms with Crippen molar-refractivity contribution in [3.8, 4) is 0 Å². The summed E-state index contributed by atoms with van der Waals surface area (Å²) in [6.07, 6.45) is 0.698. The number of benzene rings is 1. The van der Waals surface area contributed by atoms with Crippen LogP contribution in [0.25, 0.3) is 0 Å². The highest BCUT2D eigenvalue weighted by molar-refractivity contribution is 6.40. The van der Waals surface area contributed by atoms with Gasteiger partial charge in [0, 0.05) is 11.6 Å². The second-order valence-electron chi connectivity index (χ2n) is 4.86. The molecule has 0 saturated carbocycles. The number of rotatable bonds is 6. The van der Waals surface area contributed by atoms with Crippen LogP contribution in [0.1, 0.15) is 16.8 Å². The molecule has 1 aromatic carbocycles. The maximum Gasteiger partial charge on any atom is 0.337 e. The molecular formula is C14H18ClN3O4. The fourth-order valence-corrected chi connectivity index (χ4v) is 1.84. The zero-order chi connectivity index (χ0) is 16.7. The molecule has 22 heavy (non-hydrogen) atoms. The zero-order valence-electron chi connectivity index (χ0n) is 12.4. The summed E-state index contributed by atoms with van der Waals surface area (Å²) < 4.78 is 0. The van der Waals surface area contributed by atoms with E-state index in [1.54, 1.807) is 0 Å². The standard InChI is InChI=1S/C14H18ClN3O4/c1-18(2)7-3-6-16-12(19)13(20)17-11-8-9(15)4-5-10(11)14(21)22/h4-5,8H,3,6-7H2,1-2H3,(H,16,19)(H,17,20)(H,21,22). The number of nitrogens with zero attached hydrogens (tertiary/aromatic N) is 1. The molecule has 0 saturated heterocycles. The molecule has 0 radical (unpaired) electrons. The van der Waals surface area contributed by atoms with Crippen LogP contribution >= 0.6 is 11.6 Å². The van der Waals surface area contributed by atoms with E-state index >= 15 is 0 Å². The van der Waals surface area contributed by atoms with E-state index in [2.05, 4.69) is 10.6 Å². The van der Waals surface area contributed by atoms with Crippen molar-refractivity contribution in [2.75, 3.05) is 32.5 Å². The molecule has 0 unspecified atom stereocenters. The number of aromatic carboxylic acids is 1. The SMILES string of the molecule is CN(C)CCCNC(=O)C(=O)Nc1cc(Cl)ccc1C(=O)O. The molecule has 0 spiro atoms. The van der Waals surface area contributed by atoms with Gasteiger partial charge in [0.15, 0.2) is 0 Å². The van der Waals surface area contributed by atoms with Gasteiger partial charge in [-0.25, -0.2) is 4.79 Å². The number of carbonyl (C=O) groups excluding carboxylic acids is 2. The van der Waals surface area contributed by atoms with E-state index in [0.717, 1.165) is 6.54 Å². The van der Waals surface area contributed by atoms with Gasteiger partial charge in [0.2, 0.25) is 0 Å². The van der Waals surface area contributed by atoms with Crippen LogP contribution in [-0.2, 0) is 9.59 Å². The van der Waals surface area contributed by atoms with Crippen LogP contribution < -0.4 is 10.6 Å². The van der Waals surface area contributed by atoms with Crippen LogP contribution in [-0.4, -0.2) is 55.0 Å². The highest BCUT2D eigenvalue weighted by atomic mass is 35.5. The monoisotopic (exact) mass is 327 g/mol. The third kappa shape index (κ3) is 5.71. The maximum atomic E-state index is 11.8. The first-order valence-electron chi connectivity index (χ1n) is 6.58. The van der Waals surface area contributed by atoms with Gasteiger partial charge < -0.3 is 20.6 Å². The lowest BCUT2D eigenvalue weighted by Crippen LogP contribution is -2.37. The summed E-state index contributed by atoms with van der Waals surface area (Å²) in [5.41, 5.74) is -0.161. The van der Waals surface area contributed by atoms with Gasteiger partial charge in [-0.05, 0) is 45.3 Å². The number of carboxylic acids is 1. The number of nitrogens with one attached hydrogen (secondary N) is 2. The van der Waals surface area contributed by atoms with Crippen molar-refractivity contribution in [1.29, 1.82) is 0 Å². The molecule has 0 aliphatic carbocycles. The van der Waals surface area contributed by atoms with Gasteiger partial charge in [0.25, 0.3) is 0 Å².